The average Bonchev–Trinajstić information content (AvgIpc) is 3.41. The molecule has 0 spiro atoms. The molecule has 0 bridgehead atoms. The molecule has 1 atom stereocenters. The summed E-state index contributed by atoms with van der Waals surface area (Å²) in [6, 6.07) is 9.80. The normalized spacial score (nSPS) is 17.2. The molecular formula is C21H22N4O2S2. The average molecular weight is 427 g/mol. The number of carbonyl (C=O) groups is 2. The van der Waals surface area contributed by atoms with E-state index in [0.29, 0.717) is 12.2 Å². The van der Waals surface area contributed by atoms with Gasteiger partial charge in [-0.1, -0.05) is 12.1 Å². The van der Waals surface area contributed by atoms with Crippen molar-refractivity contribution in [3.63, 3.8) is 0 Å². The molecule has 1 aromatic carbocycles. The van der Waals surface area contributed by atoms with Crippen molar-refractivity contribution in [1.29, 1.82) is 0 Å². The Morgan fingerprint density at radius 2 is 2.03 bits per heavy atom. The van der Waals surface area contributed by atoms with Gasteiger partial charge in [0, 0.05) is 35.1 Å². The number of rotatable bonds is 6. The molecule has 0 radical (unpaired) electrons. The Balaban J connectivity index is 1.34. The Morgan fingerprint density at radius 1 is 1.21 bits per heavy atom. The topological polar surface area (TPSA) is 88.3 Å². The molecular weight excluding hydrogens is 404 g/mol. The number of primary amides is 1. The van der Waals surface area contributed by atoms with Crippen LogP contribution in [0.25, 0.3) is 10.6 Å². The summed E-state index contributed by atoms with van der Waals surface area (Å²) in [5.41, 5.74) is 8.79. The molecule has 29 heavy (non-hydrogen) atoms. The molecule has 150 valence electrons. The van der Waals surface area contributed by atoms with E-state index in [2.05, 4.69) is 15.2 Å². The summed E-state index contributed by atoms with van der Waals surface area (Å²) in [7, 11) is 0. The highest BCUT2D eigenvalue weighted by Gasteiger charge is 2.23. The number of benzene rings is 1. The van der Waals surface area contributed by atoms with Gasteiger partial charge in [-0.05, 0) is 48.5 Å². The van der Waals surface area contributed by atoms with Crippen LogP contribution in [0.5, 0.6) is 0 Å². The van der Waals surface area contributed by atoms with Crippen molar-refractivity contribution >= 4 is 40.2 Å². The number of nitrogens with zero attached hydrogens (tertiary/aromatic N) is 2. The number of hydrogen-bond acceptors (Lipinski definition) is 6. The second-order valence-electron chi connectivity index (χ2n) is 7.18. The number of carbonyl (C=O) groups excluding carboxylic acids is 2. The summed E-state index contributed by atoms with van der Waals surface area (Å²) < 4.78 is 0. The largest absolute Gasteiger partial charge is 0.369 e. The maximum absolute atomic E-state index is 12.5. The highest BCUT2D eigenvalue weighted by atomic mass is 32.1. The Morgan fingerprint density at radius 3 is 2.76 bits per heavy atom. The monoisotopic (exact) mass is 426 g/mol. The minimum Gasteiger partial charge on any atom is -0.369 e. The number of thiazole rings is 1. The van der Waals surface area contributed by atoms with Gasteiger partial charge in [-0.2, -0.15) is 11.3 Å². The maximum atomic E-state index is 12.5. The van der Waals surface area contributed by atoms with E-state index in [-0.39, 0.29) is 17.7 Å². The van der Waals surface area contributed by atoms with Crippen molar-refractivity contribution in [2.45, 2.75) is 19.4 Å². The SMILES string of the molecule is NC(=O)C1CCCN(Cc2ccc(NC(=O)c3csc(-c4ccsc4)n3)cc2)C1. The van der Waals surface area contributed by atoms with Gasteiger partial charge in [0.05, 0.1) is 5.92 Å². The third-order valence-corrected chi connectivity index (χ3v) is 6.61. The number of hydrogen-bond donors (Lipinski definition) is 2. The van der Waals surface area contributed by atoms with Crippen LogP contribution in [0.4, 0.5) is 5.69 Å². The quantitative estimate of drug-likeness (QED) is 0.627. The summed E-state index contributed by atoms with van der Waals surface area (Å²) in [4.78, 5) is 30.6. The van der Waals surface area contributed by atoms with Crippen LogP contribution < -0.4 is 11.1 Å². The van der Waals surface area contributed by atoms with E-state index in [9.17, 15) is 9.59 Å². The van der Waals surface area contributed by atoms with Crippen molar-refractivity contribution < 1.29 is 9.59 Å². The number of thiophene rings is 1. The van der Waals surface area contributed by atoms with Gasteiger partial charge in [0.2, 0.25) is 5.91 Å². The standard InChI is InChI=1S/C21H22N4O2S2/c22-19(26)15-2-1-8-25(11-15)10-14-3-5-17(6-4-14)23-20(27)18-13-29-21(24-18)16-7-9-28-12-16/h3-7,9,12-13,15H,1-2,8,10-11H2,(H2,22,26)(H,23,27). The van der Waals surface area contributed by atoms with E-state index in [4.69, 9.17) is 5.73 Å². The Labute approximate surface area is 177 Å². The lowest BCUT2D eigenvalue weighted by Crippen LogP contribution is -2.40. The van der Waals surface area contributed by atoms with Gasteiger partial charge in [0.15, 0.2) is 0 Å². The molecule has 1 aliphatic heterocycles. The highest BCUT2D eigenvalue weighted by molar-refractivity contribution is 7.14. The predicted molar refractivity (Wildman–Crippen MR) is 117 cm³/mol. The van der Waals surface area contributed by atoms with Crippen molar-refractivity contribution in [3.05, 3.63) is 57.7 Å². The van der Waals surface area contributed by atoms with Crippen molar-refractivity contribution in [1.82, 2.24) is 9.88 Å². The van der Waals surface area contributed by atoms with Gasteiger partial charge in [-0.15, -0.1) is 11.3 Å². The molecule has 3 heterocycles. The van der Waals surface area contributed by atoms with E-state index in [1.165, 1.54) is 11.3 Å². The molecule has 1 saturated heterocycles. The molecule has 1 fully saturated rings. The van der Waals surface area contributed by atoms with E-state index >= 15 is 0 Å². The second kappa shape index (κ2) is 8.86. The van der Waals surface area contributed by atoms with Gasteiger partial charge >= 0.3 is 0 Å². The van der Waals surface area contributed by atoms with Gasteiger partial charge in [-0.25, -0.2) is 4.98 Å². The first-order chi connectivity index (χ1) is 14.1. The van der Waals surface area contributed by atoms with Crippen molar-refractivity contribution in [2.24, 2.45) is 11.7 Å². The molecule has 0 saturated carbocycles. The molecule has 8 heteroatoms. The molecule has 2 aromatic heterocycles. The minimum atomic E-state index is -0.212. The van der Waals surface area contributed by atoms with Crippen LogP contribution in [-0.2, 0) is 11.3 Å². The van der Waals surface area contributed by atoms with Crippen LogP contribution >= 0.6 is 22.7 Å². The number of nitrogens with two attached hydrogens (primary N) is 1. The molecule has 2 amide bonds. The van der Waals surface area contributed by atoms with E-state index in [1.54, 1.807) is 16.7 Å². The first-order valence-corrected chi connectivity index (χ1v) is 11.3. The fraction of sp³-hybridized carbons (Fsp3) is 0.286. The zero-order chi connectivity index (χ0) is 20.2. The fourth-order valence-corrected chi connectivity index (χ4v) is 4.99. The number of anilines is 1. The number of amides is 2. The number of piperidine rings is 1. The fourth-order valence-electron chi connectivity index (χ4n) is 3.47. The van der Waals surface area contributed by atoms with E-state index in [1.807, 2.05) is 41.1 Å². The predicted octanol–water partition coefficient (Wildman–Crippen LogP) is 3.82. The van der Waals surface area contributed by atoms with Crippen LogP contribution in [0.1, 0.15) is 28.9 Å². The highest BCUT2D eigenvalue weighted by Crippen LogP contribution is 2.26. The summed E-state index contributed by atoms with van der Waals surface area (Å²) in [5.74, 6) is -0.479. The minimum absolute atomic E-state index is 0.0561. The zero-order valence-corrected chi connectivity index (χ0v) is 17.5. The van der Waals surface area contributed by atoms with Crippen LogP contribution in [0.2, 0.25) is 0 Å². The lowest BCUT2D eigenvalue weighted by molar-refractivity contribution is -0.123. The van der Waals surface area contributed by atoms with Gasteiger partial charge in [0.25, 0.3) is 5.91 Å². The van der Waals surface area contributed by atoms with Gasteiger partial charge in [-0.3, -0.25) is 14.5 Å². The van der Waals surface area contributed by atoms with Gasteiger partial charge in [0.1, 0.15) is 10.7 Å². The molecule has 1 unspecified atom stereocenters. The zero-order valence-electron chi connectivity index (χ0n) is 15.8. The molecule has 6 nitrogen and oxygen atoms in total. The Kier molecular flexibility index (Phi) is 6.03. The first kappa shape index (κ1) is 19.8. The van der Waals surface area contributed by atoms with Crippen molar-refractivity contribution in [2.75, 3.05) is 18.4 Å². The number of likely N-dealkylation sites (tertiary alicyclic amines) is 1. The smallest absolute Gasteiger partial charge is 0.275 e. The third kappa shape index (κ3) is 4.90. The molecule has 3 aromatic rings. The molecule has 0 aliphatic carbocycles. The van der Waals surface area contributed by atoms with Crippen LogP contribution in [-0.4, -0.2) is 34.8 Å². The summed E-state index contributed by atoms with van der Waals surface area (Å²) in [5, 5.41) is 9.55. The lowest BCUT2D eigenvalue weighted by Gasteiger charge is -2.31. The summed E-state index contributed by atoms with van der Waals surface area (Å²) >= 11 is 3.08. The number of nitrogens with one attached hydrogen (secondary N) is 1. The van der Waals surface area contributed by atoms with Crippen molar-refractivity contribution in [3.8, 4) is 10.6 Å². The first-order valence-electron chi connectivity index (χ1n) is 9.48. The second-order valence-corrected chi connectivity index (χ2v) is 8.82. The third-order valence-electron chi connectivity index (χ3n) is 5.03. The number of aromatic nitrogens is 1. The van der Waals surface area contributed by atoms with E-state index in [0.717, 1.165) is 47.8 Å². The molecule has 4 rings (SSSR count). The van der Waals surface area contributed by atoms with Crippen LogP contribution in [0.15, 0.2) is 46.5 Å². The van der Waals surface area contributed by atoms with Crippen LogP contribution in [0.3, 0.4) is 0 Å². The molecule has 3 N–H and O–H groups in total. The maximum Gasteiger partial charge on any atom is 0.275 e. The Bertz CT molecular complexity index is 983. The van der Waals surface area contributed by atoms with Crippen LogP contribution in [0, 0.1) is 5.92 Å². The molecule has 1 aliphatic rings. The van der Waals surface area contributed by atoms with E-state index < -0.39 is 0 Å². The lowest BCUT2D eigenvalue weighted by atomic mass is 9.97. The summed E-state index contributed by atoms with van der Waals surface area (Å²) in [6.07, 6.45) is 1.87. The Hall–Kier alpha value is -2.55. The summed E-state index contributed by atoms with van der Waals surface area (Å²) in [6.45, 7) is 2.46. The van der Waals surface area contributed by atoms with Gasteiger partial charge < -0.3 is 11.1 Å².